The van der Waals surface area contributed by atoms with Crippen LogP contribution in [0, 0.1) is 6.92 Å². The van der Waals surface area contributed by atoms with E-state index in [2.05, 4.69) is 15.6 Å². The Hall–Kier alpha value is -2.71. The van der Waals surface area contributed by atoms with Crippen LogP contribution < -0.4 is 10.6 Å². The first kappa shape index (κ1) is 17.1. The summed E-state index contributed by atoms with van der Waals surface area (Å²) < 4.78 is 4.76. The fraction of sp³-hybridized carbons (Fsp3) is 0.118. The maximum atomic E-state index is 12.5. The van der Waals surface area contributed by atoms with Gasteiger partial charge in [0, 0.05) is 27.7 Å². The molecular formula is C17H15N3O3S2. The summed E-state index contributed by atoms with van der Waals surface area (Å²) in [5, 5.41) is 9.02. The van der Waals surface area contributed by atoms with Crippen molar-refractivity contribution in [3.63, 3.8) is 0 Å². The number of esters is 1. The fourth-order valence-corrected chi connectivity index (χ4v) is 3.63. The van der Waals surface area contributed by atoms with E-state index in [1.54, 1.807) is 30.5 Å². The number of carbonyl (C=O) groups is 2. The number of aromatic nitrogens is 1. The summed E-state index contributed by atoms with van der Waals surface area (Å²) in [7, 11) is 1.31. The first-order valence-corrected chi connectivity index (χ1v) is 9.03. The first-order valence-electron chi connectivity index (χ1n) is 7.33. The van der Waals surface area contributed by atoms with Gasteiger partial charge in [0.15, 0.2) is 5.13 Å². The van der Waals surface area contributed by atoms with Crippen LogP contribution in [-0.4, -0.2) is 24.0 Å². The van der Waals surface area contributed by atoms with Crippen LogP contribution in [0.3, 0.4) is 0 Å². The van der Waals surface area contributed by atoms with Gasteiger partial charge < -0.3 is 15.4 Å². The lowest BCUT2D eigenvalue weighted by atomic mass is 10.2. The summed E-state index contributed by atoms with van der Waals surface area (Å²) >= 11 is 2.80. The maximum Gasteiger partial charge on any atom is 0.340 e. The maximum absolute atomic E-state index is 12.5. The lowest BCUT2D eigenvalue weighted by Crippen LogP contribution is -2.13. The molecule has 2 aromatic heterocycles. The minimum Gasteiger partial charge on any atom is -0.465 e. The van der Waals surface area contributed by atoms with Gasteiger partial charge in [-0.25, -0.2) is 9.78 Å². The lowest BCUT2D eigenvalue weighted by Gasteiger charge is -2.07. The number of thiazole rings is 1. The normalized spacial score (nSPS) is 10.3. The average Bonchev–Trinajstić information content (AvgIpc) is 3.24. The molecule has 1 amide bonds. The second-order valence-electron chi connectivity index (χ2n) is 5.09. The van der Waals surface area contributed by atoms with E-state index in [0.29, 0.717) is 16.1 Å². The van der Waals surface area contributed by atoms with Gasteiger partial charge in [0.25, 0.3) is 5.91 Å². The number of thiophene rings is 1. The Bertz CT molecular complexity index is 904. The summed E-state index contributed by atoms with van der Waals surface area (Å²) in [6, 6.07) is 8.78. The van der Waals surface area contributed by atoms with Crippen molar-refractivity contribution >= 4 is 50.4 Å². The monoisotopic (exact) mass is 373 g/mol. The minimum absolute atomic E-state index is 0.296. The fourth-order valence-electron chi connectivity index (χ4n) is 2.19. The van der Waals surface area contributed by atoms with Gasteiger partial charge in [-0.3, -0.25) is 4.79 Å². The zero-order valence-electron chi connectivity index (χ0n) is 13.5. The minimum atomic E-state index is -0.473. The van der Waals surface area contributed by atoms with E-state index in [-0.39, 0.29) is 5.91 Å². The second kappa shape index (κ2) is 7.45. The summed E-state index contributed by atoms with van der Waals surface area (Å²) in [4.78, 5) is 29.4. The average molecular weight is 373 g/mol. The number of nitrogens with one attached hydrogen (secondary N) is 2. The van der Waals surface area contributed by atoms with Crippen LogP contribution in [0.25, 0.3) is 0 Å². The molecule has 0 radical (unpaired) electrons. The molecule has 2 heterocycles. The Labute approximate surface area is 152 Å². The molecule has 25 heavy (non-hydrogen) atoms. The number of hydrogen-bond acceptors (Lipinski definition) is 7. The Morgan fingerprint density at radius 3 is 2.80 bits per heavy atom. The predicted octanol–water partition coefficient (Wildman–Crippen LogP) is 4.30. The molecule has 0 atom stereocenters. The van der Waals surface area contributed by atoms with E-state index in [0.717, 1.165) is 15.7 Å². The number of rotatable bonds is 5. The highest BCUT2D eigenvalue weighted by molar-refractivity contribution is 7.16. The van der Waals surface area contributed by atoms with Crippen LogP contribution in [0.15, 0.2) is 41.9 Å². The number of carbonyl (C=O) groups excluding carboxylic acids is 2. The second-order valence-corrected chi connectivity index (χ2v) is 7.24. The Morgan fingerprint density at radius 1 is 1.24 bits per heavy atom. The van der Waals surface area contributed by atoms with Gasteiger partial charge in [-0.05, 0) is 31.2 Å². The molecule has 0 saturated heterocycles. The van der Waals surface area contributed by atoms with Gasteiger partial charge in [-0.2, -0.15) is 0 Å². The molecule has 0 spiro atoms. The molecule has 0 unspecified atom stereocenters. The molecule has 0 saturated carbocycles. The Morgan fingerprint density at radius 2 is 2.08 bits per heavy atom. The van der Waals surface area contributed by atoms with Crippen molar-refractivity contribution in [3.8, 4) is 0 Å². The van der Waals surface area contributed by atoms with Gasteiger partial charge in [0.05, 0.1) is 12.7 Å². The van der Waals surface area contributed by atoms with Gasteiger partial charge >= 0.3 is 5.97 Å². The molecule has 0 aliphatic carbocycles. The van der Waals surface area contributed by atoms with Crippen LogP contribution in [-0.2, 0) is 4.74 Å². The highest BCUT2D eigenvalue weighted by atomic mass is 32.1. The third kappa shape index (κ3) is 4.04. The molecule has 3 rings (SSSR count). The van der Waals surface area contributed by atoms with Gasteiger partial charge in [0.1, 0.15) is 5.00 Å². The number of ether oxygens (including phenoxy) is 1. The van der Waals surface area contributed by atoms with Crippen molar-refractivity contribution in [2.24, 2.45) is 0 Å². The molecule has 8 heteroatoms. The third-order valence-corrected chi connectivity index (χ3v) is 4.95. The van der Waals surface area contributed by atoms with E-state index < -0.39 is 5.97 Å². The van der Waals surface area contributed by atoms with Crippen molar-refractivity contribution in [2.45, 2.75) is 6.92 Å². The molecular weight excluding hydrogens is 358 g/mol. The highest BCUT2D eigenvalue weighted by Gasteiger charge is 2.18. The van der Waals surface area contributed by atoms with Crippen molar-refractivity contribution in [1.82, 2.24) is 4.98 Å². The molecule has 0 bridgehead atoms. The molecule has 0 fully saturated rings. The quantitative estimate of drug-likeness (QED) is 0.652. The van der Waals surface area contributed by atoms with Crippen molar-refractivity contribution in [2.75, 3.05) is 17.7 Å². The smallest absolute Gasteiger partial charge is 0.340 e. The number of anilines is 3. The molecule has 1 aromatic carbocycles. The summed E-state index contributed by atoms with van der Waals surface area (Å²) in [5.41, 5.74) is 1.59. The van der Waals surface area contributed by atoms with E-state index >= 15 is 0 Å². The van der Waals surface area contributed by atoms with Gasteiger partial charge in [-0.1, -0.05) is 6.07 Å². The van der Waals surface area contributed by atoms with Crippen molar-refractivity contribution in [1.29, 1.82) is 0 Å². The third-order valence-electron chi connectivity index (χ3n) is 3.30. The summed E-state index contributed by atoms with van der Waals surface area (Å²) in [6.45, 7) is 1.87. The zero-order valence-corrected chi connectivity index (χ0v) is 15.2. The number of methoxy groups -OCH3 is 1. The van der Waals surface area contributed by atoms with Gasteiger partial charge in [-0.15, -0.1) is 22.7 Å². The van der Waals surface area contributed by atoms with Crippen LogP contribution in [0.4, 0.5) is 15.8 Å². The molecule has 3 aromatic rings. The van der Waals surface area contributed by atoms with Gasteiger partial charge in [0.2, 0.25) is 0 Å². The molecule has 0 aliphatic rings. The standard InChI is InChI=1S/C17H15N3O3S2/c1-10-8-13(16(22)23-2)15(25-10)20-14(21)11-4-3-5-12(9-11)19-17-18-6-7-24-17/h3-9H,1-2H3,(H,18,19)(H,20,21). The molecule has 0 aliphatic heterocycles. The number of nitrogens with zero attached hydrogens (tertiary/aromatic N) is 1. The van der Waals surface area contributed by atoms with E-state index in [9.17, 15) is 9.59 Å². The lowest BCUT2D eigenvalue weighted by molar-refractivity contribution is 0.0602. The number of hydrogen-bond donors (Lipinski definition) is 2. The van der Waals surface area contributed by atoms with E-state index in [1.165, 1.54) is 29.8 Å². The summed E-state index contributed by atoms with van der Waals surface area (Å²) in [6.07, 6.45) is 1.71. The van der Waals surface area contributed by atoms with Crippen molar-refractivity contribution < 1.29 is 14.3 Å². The molecule has 6 nitrogen and oxygen atoms in total. The van der Waals surface area contributed by atoms with Crippen LogP contribution >= 0.6 is 22.7 Å². The Kier molecular flexibility index (Phi) is 5.11. The number of benzene rings is 1. The highest BCUT2D eigenvalue weighted by Crippen LogP contribution is 2.29. The van der Waals surface area contributed by atoms with Crippen LogP contribution in [0.1, 0.15) is 25.6 Å². The molecule has 128 valence electrons. The summed E-state index contributed by atoms with van der Waals surface area (Å²) in [5.74, 6) is -0.770. The van der Waals surface area contributed by atoms with Crippen molar-refractivity contribution in [3.05, 3.63) is 57.9 Å². The van der Waals surface area contributed by atoms with Crippen LogP contribution in [0.2, 0.25) is 0 Å². The Balaban J connectivity index is 1.79. The number of amides is 1. The predicted molar refractivity (Wildman–Crippen MR) is 100 cm³/mol. The number of aryl methyl sites for hydroxylation is 1. The largest absolute Gasteiger partial charge is 0.465 e. The SMILES string of the molecule is COC(=O)c1cc(C)sc1NC(=O)c1cccc(Nc2nccs2)c1. The first-order chi connectivity index (χ1) is 12.1. The van der Waals surface area contributed by atoms with E-state index in [4.69, 9.17) is 4.74 Å². The van der Waals surface area contributed by atoms with E-state index in [1.807, 2.05) is 18.4 Å². The van der Waals surface area contributed by atoms with Crippen LogP contribution in [0.5, 0.6) is 0 Å². The topological polar surface area (TPSA) is 80.3 Å². The zero-order chi connectivity index (χ0) is 17.8. The molecule has 2 N–H and O–H groups in total.